The van der Waals surface area contributed by atoms with Crippen molar-refractivity contribution in [2.75, 3.05) is 18.0 Å². The van der Waals surface area contributed by atoms with E-state index in [0.29, 0.717) is 17.2 Å². The Hall–Kier alpha value is -2.34. The van der Waals surface area contributed by atoms with Gasteiger partial charge in [0.1, 0.15) is 10.8 Å². The highest BCUT2D eigenvalue weighted by molar-refractivity contribution is 6.34. The van der Waals surface area contributed by atoms with Gasteiger partial charge in [0, 0.05) is 18.5 Å². The van der Waals surface area contributed by atoms with Gasteiger partial charge < -0.3 is 10.6 Å². The van der Waals surface area contributed by atoms with Crippen molar-refractivity contribution in [3.63, 3.8) is 0 Å². The molecule has 24 heavy (non-hydrogen) atoms. The van der Waals surface area contributed by atoms with E-state index < -0.39 is 0 Å². The first-order valence-corrected chi connectivity index (χ1v) is 8.42. The molecular weight excluding hydrogens is 326 g/mol. The first-order chi connectivity index (χ1) is 11.6. The van der Waals surface area contributed by atoms with E-state index in [9.17, 15) is 4.79 Å². The van der Waals surface area contributed by atoms with Gasteiger partial charge >= 0.3 is 0 Å². The van der Waals surface area contributed by atoms with Crippen molar-refractivity contribution < 1.29 is 4.79 Å². The second-order valence-electron chi connectivity index (χ2n) is 6.27. The molecule has 0 spiro atoms. The highest BCUT2D eigenvalue weighted by atomic mass is 35.5. The average Bonchev–Trinajstić information content (AvgIpc) is 2.89. The zero-order chi connectivity index (χ0) is 16.8. The molecule has 0 radical (unpaired) electrons. The molecule has 2 N–H and O–H groups in total. The van der Waals surface area contributed by atoms with Gasteiger partial charge in [-0.3, -0.25) is 4.79 Å². The summed E-state index contributed by atoms with van der Waals surface area (Å²) in [6, 6.07) is 7.98. The number of amides is 1. The molecule has 1 unspecified atom stereocenters. The molecule has 0 aliphatic carbocycles. The van der Waals surface area contributed by atoms with Crippen LogP contribution in [0.2, 0.25) is 5.02 Å². The maximum Gasteiger partial charge on any atom is 0.222 e. The summed E-state index contributed by atoms with van der Waals surface area (Å²) < 4.78 is 1.78. The molecule has 3 heterocycles. The molecular formula is C17H18ClN5O. The number of rotatable bonds is 2. The normalized spacial score (nSPS) is 18.4. The van der Waals surface area contributed by atoms with Gasteiger partial charge in [0.25, 0.3) is 0 Å². The van der Waals surface area contributed by atoms with Crippen LogP contribution in [0.25, 0.3) is 16.6 Å². The number of carbonyl (C=O) groups is 1. The molecule has 3 aromatic rings. The van der Waals surface area contributed by atoms with E-state index in [2.05, 4.69) is 10.00 Å². The standard InChI is InChI=1S/C17H18ClN5O/c1-10-14(18)17-20-16(22-8-4-5-11(9-22)15(19)24)12-6-2-3-7-13(12)23(17)21-10/h2-3,6-7,11H,4-5,8-9H2,1H3,(H2,19,24). The van der Waals surface area contributed by atoms with Crippen LogP contribution in [-0.2, 0) is 4.79 Å². The largest absolute Gasteiger partial charge is 0.369 e. The molecule has 1 aliphatic rings. The number of aromatic nitrogens is 3. The Morgan fingerprint density at radius 3 is 2.96 bits per heavy atom. The Balaban J connectivity index is 1.93. The molecule has 1 saturated heterocycles. The van der Waals surface area contributed by atoms with Gasteiger partial charge in [-0.15, -0.1) is 0 Å². The van der Waals surface area contributed by atoms with E-state index >= 15 is 0 Å². The lowest BCUT2D eigenvalue weighted by Crippen LogP contribution is -2.41. The van der Waals surface area contributed by atoms with E-state index in [1.54, 1.807) is 4.52 Å². The third-order valence-electron chi connectivity index (χ3n) is 4.67. The monoisotopic (exact) mass is 343 g/mol. The van der Waals surface area contributed by atoms with Gasteiger partial charge in [-0.25, -0.2) is 9.50 Å². The third kappa shape index (κ3) is 2.29. The van der Waals surface area contributed by atoms with E-state index in [1.165, 1.54) is 0 Å². The van der Waals surface area contributed by atoms with Crippen molar-refractivity contribution in [3.8, 4) is 0 Å². The number of nitrogens with two attached hydrogens (primary N) is 1. The van der Waals surface area contributed by atoms with Crippen molar-refractivity contribution in [1.82, 2.24) is 14.6 Å². The molecule has 2 aromatic heterocycles. The SMILES string of the molecule is Cc1nn2c(nc(N3CCCC(C(N)=O)C3)c3ccccc32)c1Cl. The number of anilines is 1. The Kier molecular flexibility index (Phi) is 3.57. The minimum atomic E-state index is -0.247. The first-order valence-electron chi connectivity index (χ1n) is 8.04. The second kappa shape index (κ2) is 5.63. The number of nitrogens with zero attached hydrogens (tertiary/aromatic N) is 4. The number of halogens is 1. The van der Waals surface area contributed by atoms with Crippen LogP contribution in [0, 0.1) is 12.8 Å². The van der Waals surface area contributed by atoms with E-state index in [-0.39, 0.29) is 11.8 Å². The van der Waals surface area contributed by atoms with Crippen LogP contribution < -0.4 is 10.6 Å². The zero-order valence-corrected chi connectivity index (χ0v) is 14.1. The van der Waals surface area contributed by atoms with Crippen molar-refractivity contribution in [3.05, 3.63) is 35.0 Å². The minimum absolute atomic E-state index is 0.141. The highest BCUT2D eigenvalue weighted by Crippen LogP contribution is 2.32. The Labute approximate surface area is 144 Å². The van der Waals surface area contributed by atoms with Crippen molar-refractivity contribution in [1.29, 1.82) is 0 Å². The fourth-order valence-electron chi connectivity index (χ4n) is 3.41. The third-order valence-corrected chi connectivity index (χ3v) is 5.12. The molecule has 6 nitrogen and oxygen atoms in total. The van der Waals surface area contributed by atoms with Crippen molar-refractivity contribution in [2.45, 2.75) is 19.8 Å². The number of carbonyl (C=O) groups excluding carboxylic acids is 1. The summed E-state index contributed by atoms with van der Waals surface area (Å²) in [5.74, 6) is 0.451. The summed E-state index contributed by atoms with van der Waals surface area (Å²) in [5, 5.41) is 6.06. The van der Waals surface area contributed by atoms with Gasteiger partial charge in [-0.05, 0) is 31.9 Å². The molecule has 0 bridgehead atoms. The zero-order valence-electron chi connectivity index (χ0n) is 13.4. The first kappa shape index (κ1) is 15.2. The fourth-order valence-corrected chi connectivity index (χ4v) is 3.57. The van der Waals surface area contributed by atoms with Crippen LogP contribution in [0.1, 0.15) is 18.5 Å². The average molecular weight is 344 g/mol. The Morgan fingerprint density at radius 2 is 2.17 bits per heavy atom. The molecule has 1 fully saturated rings. The van der Waals surface area contributed by atoms with Crippen LogP contribution in [0.3, 0.4) is 0 Å². The van der Waals surface area contributed by atoms with Gasteiger partial charge in [0.2, 0.25) is 5.91 Å². The van der Waals surface area contributed by atoms with Gasteiger partial charge in [-0.2, -0.15) is 5.10 Å². The summed E-state index contributed by atoms with van der Waals surface area (Å²) in [6.45, 7) is 3.31. The van der Waals surface area contributed by atoms with Crippen LogP contribution >= 0.6 is 11.6 Å². The lowest BCUT2D eigenvalue weighted by molar-refractivity contribution is -0.122. The summed E-state index contributed by atoms with van der Waals surface area (Å²) in [5.41, 5.74) is 7.86. The van der Waals surface area contributed by atoms with Crippen LogP contribution in [-0.4, -0.2) is 33.6 Å². The number of para-hydroxylation sites is 1. The molecule has 1 aromatic carbocycles. The molecule has 1 aliphatic heterocycles. The van der Waals surface area contributed by atoms with Crippen LogP contribution in [0.4, 0.5) is 5.82 Å². The predicted octanol–water partition coefficient (Wildman–Crippen LogP) is 2.55. The quantitative estimate of drug-likeness (QED) is 0.775. The topological polar surface area (TPSA) is 76.5 Å². The number of aryl methyl sites for hydroxylation is 1. The Morgan fingerprint density at radius 1 is 1.38 bits per heavy atom. The molecule has 1 atom stereocenters. The number of piperidine rings is 1. The number of hydrogen-bond donors (Lipinski definition) is 1. The lowest BCUT2D eigenvalue weighted by atomic mass is 9.97. The van der Waals surface area contributed by atoms with E-state index in [0.717, 1.165) is 41.8 Å². The predicted molar refractivity (Wildman–Crippen MR) is 94.4 cm³/mol. The molecule has 4 rings (SSSR count). The molecule has 0 saturated carbocycles. The number of primary amides is 1. The highest BCUT2D eigenvalue weighted by Gasteiger charge is 2.27. The van der Waals surface area contributed by atoms with Crippen LogP contribution in [0.15, 0.2) is 24.3 Å². The smallest absolute Gasteiger partial charge is 0.222 e. The Bertz CT molecular complexity index is 951. The number of hydrogen-bond acceptors (Lipinski definition) is 4. The molecule has 7 heteroatoms. The maximum absolute atomic E-state index is 11.6. The number of fused-ring (bicyclic) bond motifs is 3. The van der Waals surface area contributed by atoms with Gasteiger partial charge in [0.15, 0.2) is 5.65 Å². The van der Waals surface area contributed by atoms with E-state index in [4.69, 9.17) is 22.3 Å². The van der Waals surface area contributed by atoms with Crippen LogP contribution in [0.5, 0.6) is 0 Å². The van der Waals surface area contributed by atoms with Gasteiger partial charge in [0.05, 0.1) is 17.1 Å². The maximum atomic E-state index is 11.6. The van der Waals surface area contributed by atoms with Crippen molar-refractivity contribution >= 4 is 39.9 Å². The lowest BCUT2D eigenvalue weighted by Gasteiger charge is -2.32. The summed E-state index contributed by atoms with van der Waals surface area (Å²) >= 11 is 6.39. The summed E-state index contributed by atoms with van der Waals surface area (Å²) in [7, 11) is 0. The minimum Gasteiger partial charge on any atom is -0.369 e. The summed E-state index contributed by atoms with van der Waals surface area (Å²) in [6.07, 6.45) is 1.75. The second-order valence-corrected chi connectivity index (χ2v) is 6.65. The molecule has 1 amide bonds. The fraction of sp³-hybridized carbons (Fsp3) is 0.353. The van der Waals surface area contributed by atoms with Crippen molar-refractivity contribution in [2.24, 2.45) is 11.7 Å². The summed E-state index contributed by atoms with van der Waals surface area (Å²) in [4.78, 5) is 18.5. The number of benzene rings is 1. The molecule has 124 valence electrons. The van der Waals surface area contributed by atoms with E-state index in [1.807, 2.05) is 31.2 Å². The van der Waals surface area contributed by atoms with Gasteiger partial charge in [-0.1, -0.05) is 23.7 Å².